The van der Waals surface area contributed by atoms with Crippen LogP contribution in [0.15, 0.2) is 54.6 Å². The number of carbonyl (C=O) groups excluding carboxylic acids is 3. The Labute approximate surface area is 196 Å². The molecule has 0 atom stereocenters. The molecular formula is C26H25FN2O5. The molecule has 34 heavy (non-hydrogen) atoms. The lowest BCUT2D eigenvalue weighted by molar-refractivity contribution is -0.122. The fourth-order valence-electron chi connectivity index (χ4n) is 3.23. The highest BCUT2D eigenvalue weighted by Gasteiger charge is 2.16. The number of aryl methyl sites for hydroxylation is 1. The first-order valence-electron chi connectivity index (χ1n) is 10.6. The zero-order valence-corrected chi connectivity index (χ0v) is 19.2. The van der Waals surface area contributed by atoms with E-state index in [9.17, 15) is 18.8 Å². The van der Waals surface area contributed by atoms with Crippen molar-refractivity contribution < 1.29 is 28.2 Å². The van der Waals surface area contributed by atoms with Crippen LogP contribution in [0.5, 0.6) is 11.5 Å². The van der Waals surface area contributed by atoms with Gasteiger partial charge in [-0.1, -0.05) is 6.07 Å². The van der Waals surface area contributed by atoms with Crippen molar-refractivity contribution in [1.82, 2.24) is 10.3 Å². The van der Waals surface area contributed by atoms with Gasteiger partial charge in [0.1, 0.15) is 11.5 Å². The molecule has 0 spiro atoms. The number of ketones is 2. The third-order valence-corrected chi connectivity index (χ3v) is 5.19. The van der Waals surface area contributed by atoms with E-state index in [0.717, 1.165) is 0 Å². The van der Waals surface area contributed by atoms with Gasteiger partial charge in [0, 0.05) is 31.0 Å². The number of aromatic nitrogens is 1. The highest BCUT2D eigenvalue weighted by Crippen LogP contribution is 2.29. The van der Waals surface area contributed by atoms with Gasteiger partial charge in [0.15, 0.2) is 29.7 Å². The fourth-order valence-corrected chi connectivity index (χ4v) is 3.23. The van der Waals surface area contributed by atoms with Gasteiger partial charge in [-0.3, -0.25) is 14.4 Å². The van der Waals surface area contributed by atoms with Gasteiger partial charge >= 0.3 is 0 Å². The standard InChI is InChI=1S/C26H25FN2O5/c1-16-13-17(7-9-19(16)27)20-5-4-6-21(29-20)23(31)11-10-22(30)18-8-12-24(25(14-18)33-3)34-15-26(32)28-2/h4-9,12-14H,10-11,15H2,1-3H3,(H,28,32). The summed E-state index contributed by atoms with van der Waals surface area (Å²) >= 11 is 0. The molecule has 0 aliphatic heterocycles. The summed E-state index contributed by atoms with van der Waals surface area (Å²) < 4.78 is 24.2. The first-order chi connectivity index (χ1) is 16.3. The van der Waals surface area contributed by atoms with Gasteiger partial charge in [0.2, 0.25) is 0 Å². The number of nitrogens with one attached hydrogen (secondary N) is 1. The fraction of sp³-hybridized carbons (Fsp3) is 0.231. The molecule has 1 heterocycles. The van der Waals surface area contributed by atoms with E-state index in [4.69, 9.17) is 9.47 Å². The van der Waals surface area contributed by atoms with Crippen molar-refractivity contribution in [2.24, 2.45) is 0 Å². The Kier molecular flexibility index (Phi) is 8.08. The second-order valence-corrected chi connectivity index (χ2v) is 7.55. The lowest BCUT2D eigenvalue weighted by Gasteiger charge is -2.11. The second kappa shape index (κ2) is 11.2. The minimum atomic E-state index is -0.308. The van der Waals surface area contributed by atoms with Gasteiger partial charge in [0.25, 0.3) is 5.91 Å². The maximum absolute atomic E-state index is 13.6. The first kappa shape index (κ1) is 24.6. The number of ether oxygens (including phenoxy) is 2. The monoisotopic (exact) mass is 464 g/mol. The Morgan fingerprint density at radius 2 is 1.74 bits per heavy atom. The first-order valence-corrected chi connectivity index (χ1v) is 10.6. The van der Waals surface area contributed by atoms with Gasteiger partial charge in [-0.05, 0) is 61.0 Å². The number of amides is 1. The molecule has 0 saturated heterocycles. The number of benzene rings is 2. The van der Waals surface area contributed by atoms with Gasteiger partial charge in [-0.25, -0.2) is 9.37 Å². The Balaban J connectivity index is 1.66. The van der Waals surface area contributed by atoms with E-state index >= 15 is 0 Å². The Bertz CT molecular complexity index is 1230. The zero-order valence-electron chi connectivity index (χ0n) is 19.2. The molecule has 2 aromatic carbocycles. The van der Waals surface area contributed by atoms with E-state index in [0.29, 0.717) is 33.9 Å². The van der Waals surface area contributed by atoms with Crippen LogP contribution in [0.1, 0.15) is 39.3 Å². The average molecular weight is 464 g/mol. The summed E-state index contributed by atoms with van der Waals surface area (Å²) in [7, 11) is 2.93. The van der Waals surface area contributed by atoms with Crippen molar-refractivity contribution in [3.05, 3.63) is 77.2 Å². The molecule has 8 heteroatoms. The molecule has 0 bridgehead atoms. The Morgan fingerprint density at radius 1 is 0.971 bits per heavy atom. The molecule has 0 radical (unpaired) electrons. The topological polar surface area (TPSA) is 94.6 Å². The van der Waals surface area contributed by atoms with E-state index in [1.54, 1.807) is 49.4 Å². The van der Waals surface area contributed by atoms with Crippen molar-refractivity contribution in [3.8, 4) is 22.8 Å². The van der Waals surface area contributed by atoms with E-state index < -0.39 is 0 Å². The number of hydrogen-bond donors (Lipinski definition) is 1. The molecule has 1 N–H and O–H groups in total. The van der Waals surface area contributed by atoms with Crippen LogP contribution < -0.4 is 14.8 Å². The molecule has 0 fully saturated rings. The predicted molar refractivity (Wildman–Crippen MR) is 125 cm³/mol. The largest absolute Gasteiger partial charge is 0.493 e. The summed E-state index contributed by atoms with van der Waals surface area (Å²) in [6, 6.07) is 14.3. The van der Waals surface area contributed by atoms with Crippen molar-refractivity contribution in [3.63, 3.8) is 0 Å². The van der Waals surface area contributed by atoms with E-state index in [2.05, 4.69) is 10.3 Å². The predicted octanol–water partition coefficient (Wildman–Crippen LogP) is 4.18. The summed E-state index contributed by atoms with van der Waals surface area (Å²) in [6.07, 6.45) is -0.0308. The Morgan fingerprint density at radius 3 is 2.44 bits per heavy atom. The molecule has 0 aliphatic carbocycles. The smallest absolute Gasteiger partial charge is 0.257 e. The summed E-state index contributed by atoms with van der Waals surface area (Å²) in [5.74, 6) is -0.479. The van der Waals surface area contributed by atoms with Crippen LogP contribution >= 0.6 is 0 Å². The SMILES string of the molecule is CNC(=O)COc1ccc(C(=O)CCC(=O)c2cccc(-c3ccc(F)c(C)c3)n2)cc1OC. The van der Waals surface area contributed by atoms with Crippen LogP contribution in [0.4, 0.5) is 4.39 Å². The minimum absolute atomic E-state index is 0.0119. The molecule has 0 unspecified atom stereocenters. The third-order valence-electron chi connectivity index (χ3n) is 5.19. The Hall–Kier alpha value is -4.07. The van der Waals surface area contributed by atoms with E-state index in [1.807, 2.05) is 0 Å². The number of pyridine rings is 1. The molecule has 176 valence electrons. The highest BCUT2D eigenvalue weighted by molar-refractivity contribution is 6.01. The quantitative estimate of drug-likeness (QED) is 0.453. The van der Waals surface area contributed by atoms with Crippen molar-refractivity contribution in [2.45, 2.75) is 19.8 Å². The van der Waals surface area contributed by atoms with Crippen LogP contribution in [-0.4, -0.2) is 43.2 Å². The van der Waals surface area contributed by atoms with Gasteiger partial charge in [0.05, 0.1) is 12.8 Å². The zero-order chi connectivity index (χ0) is 24.7. The van der Waals surface area contributed by atoms with Crippen LogP contribution in [0, 0.1) is 12.7 Å². The van der Waals surface area contributed by atoms with E-state index in [-0.39, 0.29) is 48.4 Å². The van der Waals surface area contributed by atoms with Gasteiger partial charge in [-0.2, -0.15) is 0 Å². The molecule has 3 rings (SSSR count). The molecule has 7 nitrogen and oxygen atoms in total. The third kappa shape index (κ3) is 6.04. The average Bonchev–Trinajstić information content (AvgIpc) is 2.87. The van der Waals surface area contributed by atoms with Gasteiger partial charge in [-0.15, -0.1) is 0 Å². The second-order valence-electron chi connectivity index (χ2n) is 7.55. The molecule has 1 aromatic heterocycles. The maximum atomic E-state index is 13.6. The molecular weight excluding hydrogens is 439 g/mol. The number of hydrogen-bond acceptors (Lipinski definition) is 6. The molecule has 0 saturated carbocycles. The lowest BCUT2D eigenvalue weighted by Crippen LogP contribution is -2.24. The summed E-state index contributed by atoms with van der Waals surface area (Å²) in [6.45, 7) is 1.48. The lowest BCUT2D eigenvalue weighted by atomic mass is 10.0. The molecule has 3 aromatic rings. The number of likely N-dealkylation sites (N-methyl/N-ethyl adjacent to an activating group) is 1. The van der Waals surface area contributed by atoms with Gasteiger partial charge < -0.3 is 14.8 Å². The number of carbonyl (C=O) groups is 3. The highest BCUT2D eigenvalue weighted by atomic mass is 19.1. The van der Waals surface area contributed by atoms with Crippen molar-refractivity contribution >= 4 is 17.5 Å². The number of rotatable bonds is 10. The van der Waals surface area contributed by atoms with Crippen LogP contribution in [0.2, 0.25) is 0 Å². The minimum Gasteiger partial charge on any atom is -0.493 e. The number of Topliss-reactive ketones (excluding diaryl/α,β-unsaturated/α-hetero) is 2. The normalized spacial score (nSPS) is 10.5. The van der Waals surface area contributed by atoms with Crippen molar-refractivity contribution in [2.75, 3.05) is 20.8 Å². The van der Waals surface area contributed by atoms with Crippen LogP contribution in [-0.2, 0) is 4.79 Å². The van der Waals surface area contributed by atoms with E-state index in [1.165, 1.54) is 26.3 Å². The number of halogens is 1. The summed E-state index contributed by atoms with van der Waals surface area (Å²) in [5.41, 5.74) is 2.35. The van der Waals surface area contributed by atoms with Crippen molar-refractivity contribution in [1.29, 1.82) is 0 Å². The molecule has 0 aliphatic rings. The molecule has 1 amide bonds. The summed E-state index contributed by atoms with van der Waals surface area (Å²) in [4.78, 5) is 41.1. The number of methoxy groups -OCH3 is 1. The number of nitrogens with zero attached hydrogens (tertiary/aromatic N) is 1. The van der Waals surface area contributed by atoms with Crippen LogP contribution in [0.25, 0.3) is 11.3 Å². The summed E-state index contributed by atoms with van der Waals surface area (Å²) in [5, 5.41) is 2.45. The maximum Gasteiger partial charge on any atom is 0.257 e. The van der Waals surface area contributed by atoms with Crippen LogP contribution in [0.3, 0.4) is 0 Å².